The Morgan fingerprint density at radius 2 is 1.79 bits per heavy atom. The average molecular weight is 331 g/mol. The standard InChI is InChI=1S/C20H29NO3/c1-12-6-8-20(5,9-7-12)21-18(23)17-13(2)16-14(22)10-19(3,4)11-15(16)24-17/h12H,6-11H2,1-5H3,(H,21,23). The van der Waals surface area contributed by atoms with E-state index in [9.17, 15) is 9.59 Å². The van der Waals surface area contributed by atoms with E-state index in [0.717, 1.165) is 31.6 Å². The highest BCUT2D eigenvalue weighted by molar-refractivity contribution is 6.03. The van der Waals surface area contributed by atoms with E-state index in [2.05, 4.69) is 33.0 Å². The molecule has 0 spiro atoms. The molecule has 4 heteroatoms. The number of rotatable bonds is 2. The number of ketones is 1. The molecular formula is C20H29NO3. The summed E-state index contributed by atoms with van der Waals surface area (Å²) in [5.74, 6) is 1.66. The molecule has 1 heterocycles. The summed E-state index contributed by atoms with van der Waals surface area (Å²) in [6.45, 7) is 10.3. The fraction of sp³-hybridized carbons (Fsp3) is 0.700. The van der Waals surface area contributed by atoms with Gasteiger partial charge in [0.15, 0.2) is 11.5 Å². The van der Waals surface area contributed by atoms with E-state index in [0.29, 0.717) is 35.5 Å². The minimum atomic E-state index is -0.176. The van der Waals surface area contributed by atoms with E-state index in [1.54, 1.807) is 0 Å². The maximum absolute atomic E-state index is 12.8. The molecular weight excluding hydrogens is 302 g/mol. The molecule has 2 aliphatic rings. The lowest BCUT2D eigenvalue weighted by molar-refractivity contribution is 0.0830. The predicted octanol–water partition coefficient (Wildman–Crippen LogP) is 4.44. The van der Waals surface area contributed by atoms with Gasteiger partial charge in [0.05, 0.1) is 5.56 Å². The number of carbonyl (C=O) groups is 2. The lowest BCUT2D eigenvalue weighted by Crippen LogP contribution is -2.48. The van der Waals surface area contributed by atoms with Crippen LogP contribution in [-0.4, -0.2) is 17.2 Å². The summed E-state index contributed by atoms with van der Waals surface area (Å²) in [5.41, 5.74) is 1.07. The number of nitrogens with one attached hydrogen (secondary N) is 1. The van der Waals surface area contributed by atoms with Gasteiger partial charge in [-0.15, -0.1) is 0 Å². The maximum atomic E-state index is 12.8. The van der Waals surface area contributed by atoms with Gasteiger partial charge in [-0.05, 0) is 50.9 Å². The van der Waals surface area contributed by atoms with Gasteiger partial charge in [-0.1, -0.05) is 20.8 Å². The molecule has 2 aliphatic carbocycles. The zero-order chi connectivity index (χ0) is 17.7. The normalized spacial score (nSPS) is 29.2. The Bertz CT molecular complexity index is 675. The summed E-state index contributed by atoms with van der Waals surface area (Å²) in [7, 11) is 0. The highest BCUT2D eigenvalue weighted by Crippen LogP contribution is 2.39. The van der Waals surface area contributed by atoms with Crippen molar-refractivity contribution in [1.29, 1.82) is 0 Å². The summed E-state index contributed by atoms with van der Waals surface area (Å²) in [5, 5.41) is 3.17. The van der Waals surface area contributed by atoms with Crippen molar-refractivity contribution < 1.29 is 14.0 Å². The molecule has 3 rings (SSSR count). The third-order valence-corrected chi connectivity index (χ3v) is 5.78. The second-order valence-corrected chi connectivity index (χ2v) is 8.99. The summed E-state index contributed by atoms with van der Waals surface area (Å²) in [6, 6.07) is 0. The molecule has 1 aromatic rings. The number of furan rings is 1. The van der Waals surface area contributed by atoms with Crippen molar-refractivity contribution in [3.63, 3.8) is 0 Å². The van der Waals surface area contributed by atoms with E-state index >= 15 is 0 Å². The van der Waals surface area contributed by atoms with Crippen LogP contribution in [0.1, 0.15) is 92.0 Å². The van der Waals surface area contributed by atoms with Crippen LogP contribution in [0.15, 0.2) is 4.42 Å². The van der Waals surface area contributed by atoms with Crippen LogP contribution in [-0.2, 0) is 6.42 Å². The van der Waals surface area contributed by atoms with Crippen molar-refractivity contribution in [1.82, 2.24) is 5.32 Å². The first-order valence-corrected chi connectivity index (χ1v) is 9.08. The Morgan fingerprint density at radius 1 is 1.17 bits per heavy atom. The molecule has 4 nitrogen and oxygen atoms in total. The first-order chi connectivity index (χ1) is 11.1. The van der Waals surface area contributed by atoms with Crippen molar-refractivity contribution in [3.05, 3.63) is 22.6 Å². The van der Waals surface area contributed by atoms with E-state index in [1.165, 1.54) is 0 Å². The summed E-state index contributed by atoms with van der Waals surface area (Å²) < 4.78 is 5.88. The molecule has 0 unspecified atom stereocenters. The van der Waals surface area contributed by atoms with Crippen molar-refractivity contribution in [3.8, 4) is 0 Å². The van der Waals surface area contributed by atoms with Gasteiger partial charge in [0.25, 0.3) is 5.91 Å². The van der Waals surface area contributed by atoms with Crippen LogP contribution >= 0.6 is 0 Å². The second kappa shape index (κ2) is 5.75. The van der Waals surface area contributed by atoms with Gasteiger partial charge in [0, 0.05) is 23.9 Å². The zero-order valence-electron chi connectivity index (χ0n) is 15.5. The van der Waals surface area contributed by atoms with Crippen molar-refractivity contribution in [2.45, 2.75) is 78.7 Å². The van der Waals surface area contributed by atoms with Crippen molar-refractivity contribution in [2.24, 2.45) is 11.3 Å². The van der Waals surface area contributed by atoms with E-state index in [-0.39, 0.29) is 22.6 Å². The fourth-order valence-corrected chi connectivity index (χ4v) is 4.15. The Labute approximate surface area is 144 Å². The summed E-state index contributed by atoms with van der Waals surface area (Å²) >= 11 is 0. The lowest BCUT2D eigenvalue weighted by Gasteiger charge is -2.36. The molecule has 1 amide bonds. The van der Waals surface area contributed by atoms with Gasteiger partial charge in [-0.2, -0.15) is 0 Å². The number of carbonyl (C=O) groups excluding carboxylic acids is 2. The minimum absolute atomic E-state index is 0.0965. The Hall–Kier alpha value is -1.58. The average Bonchev–Trinajstić information content (AvgIpc) is 2.78. The highest BCUT2D eigenvalue weighted by atomic mass is 16.4. The van der Waals surface area contributed by atoms with Crippen molar-refractivity contribution >= 4 is 11.7 Å². The van der Waals surface area contributed by atoms with Crippen LogP contribution < -0.4 is 5.32 Å². The maximum Gasteiger partial charge on any atom is 0.287 e. The first kappa shape index (κ1) is 17.2. The summed E-state index contributed by atoms with van der Waals surface area (Å²) in [6.07, 6.45) is 5.47. The number of amides is 1. The quantitative estimate of drug-likeness (QED) is 0.871. The third kappa shape index (κ3) is 3.15. The Kier molecular flexibility index (Phi) is 4.13. The number of Topliss-reactive ketones (excluding diaryl/α,β-unsaturated/α-hetero) is 1. The monoisotopic (exact) mass is 331 g/mol. The molecule has 0 aliphatic heterocycles. The number of fused-ring (bicyclic) bond motifs is 1. The minimum Gasteiger partial charge on any atom is -0.455 e. The predicted molar refractivity (Wildman–Crippen MR) is 93.4 cm³/mol. The van der Waals surface area contributed by atoms with Gasteiger partial charge in [-0.3, -0.25) is 9.59 Å². The molecule has 132 valence electrons. The van der Waals surface area contributed by atoms with Gasteiger partial charge >= 0.3 is 0 Å². The van der Waals surface area contributed by atoms with E-state index in [4.69, 9.17) is 4.42 Å². The highest BCUT2D eigenvalue weighted by Gasteiger charge is 2.38. The molecule has 0 radical (unpaired) electrons. The smallest absolute Gasteiger partial charge is 0.287 e. The van der Waals surface area contributed by atoms with Crippen LogP contribution in [0.5, 0.6) is 0 Å². The molecule has 1 N–H and O–H groups in total. The molecule has 1 saturated carbocycles. The molecule has 0 bridgehead atoms. The third-order valence-electron chi connectivity index (χ3n) is 5.78. The fourth-order valence-electron chi connectivity index (χ4n) is 4.15. The van der Waals surface area contributed by atoms with Gasteiger partial charge < -0.3 is 9.73 Å². The summed E-state index contributed by atoms with van der Waals surface area (Å²) in [4.78, 5) is 25.2. The SMILES string of the molecule is Cc1c(C(=O)NC2(C)CCC(C)CC2)oc2c1C(=O)CC(C)(C)C2. The zero-order valence-corrected chi connectivity index (χ0v) is 15.5. The molecule has 1 aromatic heterocycles. The Balaban J connectivity index is 1.83. The largest absolute Gasteiger partial charge is 0.455 e. The van der Waals surface area contributed by atoms with Gasteiger partial charge in [-0.25, -0.2) is 0 Å². The van der Waals surface area contributed by atoms with Gasteiger partial charge in [0.1, 0.15) is 5.76 Å². The van der Waals surface area contributed by atoms with Crippen LogP contribution in [0.4, 0.5) is 0 Å². The van der Waals surface area contributed by atoms with E-state index < -0.39 is 0 Å². The topological polar surface area (TPSA) is 59.3 Å². The number of hydrogen-bond acceptors (Lipinski definition) is 3. The van der Waals surface area contributed by atoms with Crippen LogP contribution in [0.25, 0.3) is 0 Å². The van der Waals surface area contributed by atoms with Crippen LogP contribution in [0.3, 0.4) is 0 Å². The van der Waals surface area contributed by atoms with Crippen LogP contribution in [0.2, 0.25) is 0 Å². The molecule has 0 atom stereocenters. The molecule has 24 heavy (non-hydrogen) atoms. The molecule has 0 aromatic carbocycles. The van der Waals surface area contributed by atoms with Gasteiger partial charge in [0.2, 0.25) is 0 Å². The van der Waals surface area contributed by atoms with E-state index in [1.807, 2.05) is 6.92 Å². The molecule has 1 fully saturated rings. The first-order valence-electron chi connectivity index (χ1n) is 9.08. The van der Waals surface area contributed by atoms with Crippen molar-refractivity contribution in [2.75, 3.05) is 0 Å². The molecule has 0 saturated heterocycles. The second-order valence-electron chi connectivity index (χ2n) is 8.99. The number of hydrogen-bond donors (Lipinski definition) is 1. The van der Waals surface area contributed by atoms with Crippen LogP contribution in [0, 0.1) is 18.3 Å². The Morgan fingerprint density at radius 3 is 2.42 bits per heavy atom. The lowest BCUT2D eigenvalue weighted by atomic mass is 9.76.